The summed E-state index contributed by atoms with van der Waals surface area (Å²) in [4.78, 5) is 12.0. The molecule has 0 spiro atoms. The molecule has 100 valence electrons. The maximum atomic E-state index is 12.0. The second kappa shape index (κ2) is 5.05. The van der Waals surface area contributed by atoms with Crippen molar-refractivity contribution in [2.24, 2.45) is 0 Å². The van der Waals surface area contributed by atoms with Crippen molar-refractivity contribution < 1.29 is 9.21 Å². The highest BCUT2D eigenvalue weighted by atomic mass is 16.3. The highest BCUT2D eigenvalue weighted by molar-refractivity contribution is 6.04. The van der Waals surface area contributed by atoms with Crippen LogP contribution in [0.25, 0.3) is 11.3 Å². The third-order valence-corrected chi connectivity index (χ3v) is 2.95. The van der Waals surface area contributed by atoms with Crippen molar-refractivity contribution in [2.75, 3.05) is 5.32 Å². The SMILES string of the molecule is Cc1cc(C(=O)Nc2ccc(-c3ccn[nH]3)cc2)co1. The van der Waals surface area contributed by atoms with E-state index in [1.807, 2.05) is 30.3 Å². The van der Waals surface area contributed by atoms with E-state index in [4.69, 9.17) is 4.42 Å². The monoisotopic (exact) mass is 267 g/mol. The summed E-state index contributed by atoms with van der Waals surface area (Å²) in [6.45, 7) is 1.80. The van der Waals surface area contributed by atoms with E-state index in [1.165, 1.54) is 6.26 Å². The summed E-state index contributed by atoms with van der Waals surface area (Å²) in [5.41, 5.74) is 3.20. The van der Waals surface area contributed by atoms with Gasteiger partial charge >= 0.3 is 0 Å². The first-order valence-electron chi connectivity index (χ1n) is 6.19. The first-order valence-corrected chi connectivity index (χ1v) is 6.19. The van der Waals surface area contributed by atoms with Crippen LogP contribution >= 0.6 is 0 Å². The number of carbonyl (C=O) groups excluding carboxylic acids is 1. The van der Waals surface area contributed by atoms with E-state index in [2.05, 4.69) is 15.5 Å². The lowest BCUT2D eigenvalue weighted by Crippen LogP contribution is -2.10. The second-order valence-corrected chi connectivity index (χ2v) is 4.45. The number of furan rings is 1. The molecule has 0 fully saturated rings. The van der Waals surface area contributed by atoms with Gasteiger partial charge in [-0.2, -0.15) is 5.10 Å². The van der Waals surface area contributed by atoms with E-state index in [9.17, 15) is 4.79 Å². The molecule has 20 heavy (non-hydrogen) atoms. The van der Waals surface area contributed by atoms with E-state index in [0.29, 0.717) is 11.3 Å². The Bertz CT molecular complexity index is 712. The van der Waals surface area contributed by atoms with Gasteiger partial charge in [-0.3, -0.25) is 9.89 Å². The molecule has 3 rings (SSSR count). The summed E-state index contributed by atoms with van der Waals surface area (Å²) in [6.07, 6.45) is 3.15. The molecule has 1 aromatic carbocycles. The van der Waals surface area contributed by atoms with Crippen LogP contribution < -0.4 is 5.32 Å². The smallest absolute Gasteiger partial charge is 0.258 e. The molecule has 0 radical (unpaired) electrons. The molecule has 3 aromatic rings. The van der Waals surface area contributed by atoms with Gasteiger partial charge in [0.2, 0.25) is 0 Å². The number of nitrogens with zero attached hydrogens (tertiary/aromatic N) is 1. The summed E-state index contributed by atoms with van der Waals surface area (Å²) < 4.78 is 5.12. The molecule has 0 saturated carbocycles. The van der Waals surface area contributed by atoms with Crippen LogP contribution in [-0.2, 0) is 0 Å². The number of anilines is 1. The van der Waals surface area contributed by atoms with Gasteiger partial charge < -0.3 is 9.73 Å². The topological polar surface area (TPSA) is 70.9 Å². The molecule has 5 nitrogen and oxygen atoms in total. The molecule has 0 saturated heterocycles. The fourth-order valence-electron chi connectivity index (χ4n) is 1.92. The van der Waals surface area contributed by atoms with Gasteiger partial charge in [-0.15, -0.1) is 0 Å². The number of aromatic amines is 1. The molecule has 0 atom stereocenters. The van der Waals surface area contributed by atoms with Crippen molar-refractivity contribution in [1.82, 2.24) is 10.2 Å². The Kier molecular flexibility index (Phi) is 3.09. The summed E-state index contributed by atoms with van der Waals surface area (Å²) in [5.74, 6) is 0.529. The number of amides is 1. The first kappa shape index (κ1) is 12.2. The molecule has 0 aliphatic carbocycles. The Labute approximate surface area is 115 Å². The largest absolute Gasteiger partial charge is 0.469 e. The number of aromatic nitrogens is 2. The van der Waals surface area contributed by atoms with E-state index in [0.717, 1.165) is 16.9 Å². The van der Waals surface area contributed by atoms with E-state index in [-0.39, 0.29) is 5.91 Å². The Hall–Kier alpha value is -2.82. The molecular weight excluding hydrogens is 254 g/mol. The van der Waals surface area contributed by atoms with E-state index in [1.54, 1.807) is 19.2 Å². The Morgan fingerprint density at radius 2 is 2.05 bits per heavy atom. The van der Waals surface area contributed by atoms with Crippen LogP contribution in [0.5, 0.6) is 0 Å². The summed E-state index contributed by atoms with van der Waals surface area (Å²) in [5, 5.41) is 9.62. The van der Waals surface area contributed by atoms with Crippen molar-refractivity contribution in [3.8, 4) is 11.3 Å². The summed E-state index contributed by atoms with van der Waals surface area (Å²) in [7, 11) is 0. The van der Waals surface area contributed by atoms with Crippen LogP contribution in [0.1, 0.15) is 16.1 Å². The number of nitrogens with one attached hydrogen (secondary N) is 2. The number of aryl methyl sites for hydroxylation is 1. The maximum Gasteiger partial charge on any atom is 0.258 e. The van der Waals surface area contributed by atoms with Gasteiger partial charge in [0.1, 0.15) is 12.0 Å². The minimum absolute atomic E-state index is 0.184. The third kappa shape index (κ3) is 2.47. The Morgan fingerprint density at radius 3 is 2.65 bits per heavy atom. The van der Waals surface area contributed by atoms with Crippen LogP contribution in [0.2, 0.25) is 0 Å². The molecular formula is C15H13N3O2. The average molecular weight is 267 g/mol. The van der Waals surface area contributed by atoms with Crippen LogP contribution in [0, 0.1) is 6.92 Å². The number of carbonyl (C=O) groups is 1. The number of hydrogen-bond donors (Lipinski definition) is 2. The molecule has 2 N–H and O–H groups in total. The van der Waals surface area contributed by atoms with Crippen molar-refractivity contribution >= 4 is 11.6 Å². The molecule has 2 aromatic heterocycles. The molecule has 0 unspecified atom stereocenters. The van der Waals surface area contributed by atoms with Crippen LogP contribution in [0.3, 0.4) is 0 Å². The lowest BCUT2D eigenvalue weighted by molar-refractivity contribution is 0.102. The van der Waals surface area contributed by atoms with E-state index < -0.39 is 0 Å². The standard InChI is InChI=1S/C15H13N3O2/c1-10-8-12(9-20-10)15(19)17-13-4-2-11(3-5-13)14-6-7-16-18-14/h2-9H,1H3,(H,16,18)(H,17,19). The fraction of sp³-hybridized carbons (Fsp3) is 0.0667. The third-order valence-electron chi connectivity index (χ3n) is 2.95. The van der Waals surface area contributed by atoms with Crippen molar-refractivity contribution in [1.29, 1.82) is 0 Å². The minimum atomic E-state index is -0.184. The normalized spacial score (nSPS) is 10.4. The minimum Gasteiger partial charge on any atom is -0.469 e. The Balaban J connectivity index is 1.74. The van der Waals surface area contributed by atoms with Crippen LogP contribution in [0.15, 0.2) is 53.3 Å². The number of hydrogen-bond acceptors (Lipinski definition) is 3. The Morgan fingerprint density at radius 1 is 1.25 bits per heavy atom. The zero-order valence-corrected chi connectivity index (χ0v) is 10.9. The number of benzene rings is 1. The molecule has 5 heteroatoms. The number of H-pyrrole nitrogens is 1. The van der Waals surface area contributed by atoms with Gasteiger partial charge in [0.15, 0.2) is 0 Å². The molecule has 2 heterocycles. The van der Waals surface area contributed by atoms with Gasteiger partial charge in [-0.05, 0) is 36.8 Å². The zero-order valence-electron chi connectivity index (χ0n) is 10.9. The van der Waals surface area contributed by atoms with Gasteiger partial charge in [-0.1, -0.05) is 12.1 Å². The maximum absolute atomic E-state index is 12.0. The molecule has 0 aliphatic heterocycles. The van der Waals surface area contributed by atoms with Gasteiger partial charge in [0, 0.05) is 11.9 Å². The molecule has 0 bridgehead atoms. The highest BCUT2D eigenvalue weighted by Gasteiger charge is 2.09. The highest BCUT2D eigenvalue weighted by Crippen LogP contribution is 2.19. The quantitative estimate of drug-likeness (QED) is 0.765. The first-order chi connectivity index (χ1) is 9.72. The van der Waals surface area contributed by atoms with E-state index >= 15 is 0 Å². The van der Waals surface area contributed by atoms with Crippen LogP contribution in [-0.4, -0.2) is 16.1 Å². The lowest BCUT2D eigenvalue weighted by atomic mass is 10.1. The predicted molar refractivity (Wildman–Crippen MR) is 75.4 cm³/mol. The average Bonchev–Trinajstić information content (AvgIpc) is 3.10. The van der Waals surface area contributed by atoms with Gasteiger partial charge in [0.25, 0.3) is 5.91 Å². The molecule has 0 aliphatic rings. The second-order valence-electron chi connectivity index (χ2n) is 4.45. The summed E-state index contributed by atoms with van der Waals surface area (Å²) >= 11 is 0. The molecule has 1 amide bonds. The van der Waals surface area contributed by atoms with Gasteiger partial charge in [0.05, 0.1) is 11.3 Å². The van der Waals surface area contributed by atoms with Gasteiger partial charge in [-0.25, -0.2) is 0 Å². The van der Waals surface area contributed by atoms with Crippen molar-refractivity contribution in [3.05, 3.63) is 60.2 Å². The number of rotatable bonds is 3. The zero-order chi connectivity index (χ0) is 13.9. The van der Waals surface area contributed by atoms with Crippen molar-refractivity contribution in [2.45, 2.75) is 6.92 Å². The fourth-order valence-corrected chi connectivity index (χ4v) is 1.92. The van der Waals surface area contributed by atoms with Crippen LogP contribution in [0.4, 0.5) is 5.69 Å². The summed E-state index contributed by atoms with van der Waals surface area (Å²) in [6, 6.07) is 11.1. The van der Waals surface area contributed by atoms with Crippen molar-refractivity contribution in [3.63, 3.8) is 0 Å². The predicted octanol–water partition coefficient (Wildman–Crippen LogP) is 3.23. The lowest BCUT2D eigenvalue weighted by Gasteiger charge is -2.04.